The molecule has 0 radical (unpaired) electrons. The molecule has 1 fully saturated rings. The van der Waals surface area contributed by atoms with Crippen molar-refractivity contribution in [2.75, 3.05) is 0 Å². The monoisotopic (exact) mass is 339 g/mol. The van der Waals surface area contributed by atoms with Crippen LogP contribution < -0.4 is 4.72 Å². The van der Waals surface area contributed by atoms with Gasteiger partial charge in [-0.05, 0) is 18.6 Å². The zero-order valence-corrected chi connectivity index (χ0v) is 12.4. The fourth-order valence-electron chi connectivity index (χ4n) is 2.35. The summed E-state index contributed by atoms with van der Waals surface area (Å²) < 4.78 is 53.1. The summed E-state index contributed by atoms with van der Waals surface area (Å²) in [4.78, 5) is 19.2. The van der Waals surface area contributed by atoms with Gasteiger partial charge in [0.25, 0.3) is 10.0 Å². The van der Waals surface area contributed by atoms with Crippen LogP contribution in [0.25, 0.3) is 0 Å². The van der Waals surface area contributed by atoms with Gasteiger partial charge in [-0.1, -0.05) is 6.07 Å². The molecule has 9 heteroatoms. The molecule has 0 unspecified atom stereocenters. The topological polar surface area (TPSA) is 89.0 Å². The Kier molecular flexibility index (Phi) is 3.80. The second kappa shape index (κ2) is 5.65. The van der Waals surface area contributed by atoms with E-state index in [4.69, 9.17) is 0 Å². The Morgan fingerprint density at radius 1 is 1.22 bits per heavy atom. The van der Waals surface area contributed by atoms with Crippen LogP contribution in [0.15, 0.2) is 41.8 Å². The van der Waals surface area contributed by atoms with Gasteiger partial charge in [-0.2, -0.15) is 8.42 Å². The summed E-state index contributed by atoms with van der Waals surface area (Å²) in [5, 5.41) is -0.400. The third-order valence-corrected chi connectivity index (χ3v) is 4.78. The Bertz CT molecular complexity index is 839. The molecule has 0 saturated heterocycles. The summed E-state index contributed by atoms with van der Waals surface area (Å²) >= 11 is 0. The second-order valence-electron chi connectivity index (χ2n) is 5.10. The Morgan fingerprint density at radius 2 is 1.91 bits per heavy atom. The van der Waals surface area contributed by atoms with Crippen molar-refractivity contribution in [1.29, 1.82) is 0 Å². The fraction of sp³-hybridized carbons (Fsp3) is 0.214. The zero-order valence-electron chi connectivity index (χ0n) is 11.6. The Hall–Kier alpha value is -2.42. The molecular formula is C14H11F2N3O3S. The molecule has 1 aromatic heterocycles. The van der Waals surface area contributed by atoms with Crippen molar-refractivity contribution in [2.45, 2.75) is 17.4 Å². The average molecular weight is 339 g/mol. The van der Waals surface area contributed by atoms with Crippen molar-refractivity contribution in [3.05, 3.63) is 54.0 Å². The van der Waals surface area contributed by atoms with Crippen LogP contribution >= 0.6 is 0 Å². The highest BCUT2D eigenvalue weighted by atomic mass is 32.2. The number of carbonyl (C=O) groups is 1. The number of rotatable bonds is 4. The molecule has 1 heterocycles. The minimum Gasteiger partial charge on any atom is -0.274 e. The average Bonchev–Trinajstić information content (AvgIpc) is 3.28. The summed E-state index contributed by atoms with van der Waals surface area (Å²) in [6.07, 6.45) is 3.64. The molecule has 120 valence electrons. The first-order valence-corrected chi connectivity index (χ1v) is 8.15. The van der Waals surface area contributed by atoms with Crippen molar-refractivity contribution in [2.24, 2.45) is 5.92 Å². The summed E-state index contributed by atoms with van der Waals surface area (Å²) in [7, 11) is -4.15. The van der Waals surface area contributed by atoms with Gasteiger partial charge >= 0.3 is 0 Å². The van der Waals surface area contributed by atoms with E-state index in [1.807, 2.05) is 4.72 Å². The first kappa shape index (κ1) is 15.5. The largest absolute Gasteiger partial charge is 0.283 e. The van der Waals surface area contributed by atoms with Crippen molar-refractivity contribution in [1.82, 2.24) is 14.7 Å². The maximum Gasteiger partial charge on any atom is 0.283 e. The van der Waals surface area contributed by atoms with Gasteiger partial charge in [0.15, 0.2) is 5.03 Å². The first-order valence-electron chi connectivity index (χ1n) is 6.67. The third kappa shape index (κ3) is 3.04. The third-order valence-electron chi connectivity index (χ3n) is 3.55. The molecular weight excluding hydrogens is 328 g/mol. The minimum absolute atomic E-state index is 0.180. The lowest BCUT2D eigenvalue weighted by atomic mass is 10.1. The molecule has 0 bridgehead atoms. The molecule has 3 rings (SSSR count). The predicted molar refractivity (Wildman–Crippen MR) is 74.6 cm³/mol. The van der Waals surface area contributed by atoms with Gasteiger partial charge in [0.1, 0.15) is 11.6 Å². The van der Waals surface area contributed by atoms with Crippen LogP contribution in [0, 0.1) is 17.6 Å². The van der Waals surface area contributed by atoms with Crippen LogP contribution in [0.2, 0.25) is 0 Å². The molecule has 6 nitrogen and oxygen atoms in total. The SMILES string of the molecule is O=C(NS(=O)(=O)c1cnccn1)[C@@H]1C[C@@H]1c1c(F)cccc1F. The van der Waals surface area contributed by atoms with Crippen LogP contribution in [-0.4, -0.2) is 24.3 Å². The normalized spacial score (nSPS) is 20.1. The first-order chi connectivity index (χ1) is 10.9. The number of nitrogens with zero attached hydrogens (tertiary/aromatic N) is 2. The van der Waals surface area contributed by atoms with Crippen molar-refractivity contribution >= 4 is 15.9 Å². The number of hydrogen-bond donors (Lipinski definition) is 1. The van der Waals surface area contributed by atoms with Gasteiger partial charge in [-0.15, -0.1) is 0 Å². The van der Waals surface area contributed by atoms with E-state index in [1.165, 1.54) is 18.5 Å². The number of halogens is 2. The van der Waals surface area contributed by atoms with Crippen molar-refractivity contribution in [3.8, 4) is 0 Å². The highest BCUT2D eigenvalue weighted by molar-refractivity contribution is 7.90. The number of hydrogen-bond acceptors (Lipinski definition) is 5. The number of amides is 1. The van der Waals surface area contributed by atoms with Gasteiger partial charge in [-0.25, -0.2) is 18.5 Å². The van der Waals surface area contributed by atoms with Crippen molar-refractivity contribution < 1.29 is 22.0 Å². The highest BCUT2D eigenvalue weighted by Gasteiger charge is 2.47. The molecule has 1 amide bonds. The van der Waals surface area contributed by atoms with Gasteiger partial charge in [0.05, 0.1) is 6.20 Å². The van der Waals surface area contributed by atoms with Crippen molar-refractivity contribution in [3.63, 3.8) is 0 Å². The Balaban J connectivity index is 1.74. The molecule has 0 spiro atoms. The Morgan fingerprint density at radius 3 is 2.52 bits per heavy atom. The quantitative estimate of drug-likeness (QED) is 0.909. The number of carbonyl (C=O) groups excluding carboxylic acids is 1. The summed E-state index contributed by atoms with van der Waals surface area (Å²) in [5.41, 5.74) is -0.190. The van der Waals surface area contributed by atoms with E-state index in [1.54, 1.807) is 0 Å². The molecule has 23 heavy (non-hydrogen) atoms. The predicted octanol–water partition coefficient (Wildman–Crippen LogP) is 1.36. The van der Waals surface area contributed by atoms with E-state index in [9.17, 15) is 22.0 Å². The smallest absolute Gasteiger partial charge is 0.274 e. The lowest BCUT2D eigenvalue weighted by Crippen LogP contribution is -2.32. The van der Waals surface area contributed by atoms with Gasteiger partial charge in [0, 0.05) is 29.8 Å². The van der Waals surface area contributed by atoms with Gasteiger partial charge in [-0.3, -0.25) is 9.78 Å². The number of benzene rings is 1. The standard InChI is InChI=1S/C14H11F2N3O3S/c15-10-2-1-3-11(16)13(10)8-6-9(8)14(20)19-23(21,22)12-7-17-4-5-18-12/h1-5,7-9H,6H2,(H,19,20)/t8-,9+/m0/s1. The van der Waals surface area contributed by atoms with E-state index in [0.717, 1.165) is 18.3 Å². The van der Waals surface area contributed by atoms with E-state index in [2.05, 4.69) is 9.97 Å². The maximum absolute atomic E-state index is 13.7. The molecule has 1 aromatic carbocycles. The summed E-state index contributed by atoms with van der Waals surface area (Å²) in [5.74, 6) is -3.78. The summed E-state index contributed by atoms with van der Waals surface area (Å²) in [6.45, 7) is 0. The van der Waals surface area contributed by atoms with E-state index in [-0.39, 0.29) is 12.0 Å². The van der Waals surface area contributed by atoms with Crippen LogP contribution in [-0.2, 0) is 14.8 Å². The van der Waals surface area contributed by atoms with E-state index in [0.29, 0.717) is 0 Å². The van der Waals surface area contributed by atoms with Crippen LogP contribution in [0.5, 0.6) is 0 Å². The Labute approximate surface area is 130 Å². The minimum atomic E-state index is -4.15. The van der Waals surface area contributed by atoms with Crippen LogP contribution in [0.1, 0.15) is 17.9 Å². The lowest BCUT2D eigenvalue weighted by Gasteiger charge is -2.06. The van der Waals surface area contributed by atoms with Gasteiger partial charge in [0.2, 0.25) is 5.91 Å². The van der Waals surface area contributed by atoms with Crippen LogP contribution in [0.3, 0.4) is 0 Å². The number of sulfonamides is 1. The van der Waals surface area contributed by atoms with Crippen LogP contribution in [0.4, 0.5) is 8.78 Å². The zero-order chi connectivity index (χ0) is 16.6. The molecule has 2 aromatic rings. The van der Waals surface area contributed by atoms with Gasteiger partial charge < -0.3 is 0 Å². The summed E-state index contributed by atoms with van der Waals surface area (Å²) in [6, 6.07) is 3.42. The fourth-order valence-corrected chi connectivity index (χ4v) is 3.27. The molecule has 0 aliphatic heterocycles. The lowest BCUT2D eigenvalue weighted by molar-refractivity contribution is -0.120. The number of nitrogens with one attached hydrogen (secondary N) is 1. The highest BCUT2D eigenvalue weighted by Crippen LogP contribution is 2.49. The van der Waals surface area contributed by atoms with E-state index < -0.39 is 44.4 Å². The number of aromatic nitrogens is 2. The maximum atomic E-state index is 13.7. The molecule has 1 aliphatic rings. The molecule has 1 aliphatic carbocycles. The molecule has 1 N–H and O–H groups in total. The van der Waals surface area contributed by atoms with E-state index >= 15 is 0 Å². The molecule has 2 atom stereocenters. The second-order valence-corrected chi connectivity index (χ2v) is 6.73. The molecule has 1 saturated carbocycles.